The maximum atomic E-state index is 5.52. The lowest BCUT2D eigenvalue weighted by molar-refractivity contribution is 0.122. The molecule has 33 heavy (non-hydrogen) atoms. The summed E-state index contributed by atoms with van der Waals surface area (Å²) in [6.07, 6.45) is 10.7. The van der Waals surface area contributed by atoms with Gasteiger partial charge in [0, 0.05) is 79.0 Å². The number of aromatic nitrogens is 2. The van der Waals surface area contributed by atoms with E-state index in [4.69, 9.17) is 9.72 Å². The van der Waals surface area contributed by atoms with E-state index in [1.165, 1.54) is 22.3 Å². The first-order valence-corrected chi connectivity index (χ1v) is 14.4. The molecule has 1 fully saturated rings. The van der Waals surface area contributed by atoms with Crippen LogP contribution in [0, 0.1) is 13.8 Å². The summed E-state index contributed by atoms with van der Waals surface area (Å²) in [5.41, 5.74) is 9.35. The fourth-order valence-corrected chi connectivity index (χ4v) is 5.86. The topological polar surface area (TPSA) is 33.5 Å². The van der Waals surface area contributed by atoms with Crippen LogP contribution < -0.4 is 4.90 Å². The number of hydrogen-bond donors (Lipinski definition) is 0. The molecule has 5 nitrogen and oxygen atoms in total. The lowest BCUT2D eigenvalue weighted by Gasteiger charge is -2.28. The van der Waals surface area contributed by atoms with E-state index >= 15 is 0 Å². The average molecular weight is 571 g/mol. The summed E-state index contributed by atoms with van der Waals surface area (Å²) < 4.78 is 7.66. The SMILES string of the molecule is C=C1C=C(c2cn(SI)c3ncc(N4CCOCC4)cc23)C=CN1Cc1cc(C)cc(C)c1. The number of ether oxygens (including phenoxy) is 1. The molecule has 0 unspecified atom stereocenters. The van der Waals surface area contributed by atoms with Crippen molar-refractivity contribution in [1.29, 1.82) is 0 Å². The standard InChI is InChI=1S/C26H27IN4OS/c1-18-10-19(2)12-21(11-18)16-30-5-4-22(13-20(30)3)25-17-31(33-27)26-24(25)14-23(15-28-26)29-6-8-32-9-7-29/h4-5,10-15,17H,3,6-9,16H2,1-2H3. The number of rotatable bonds is 5. The second-order valence-electron chi connectivity index (χ2n) is 8.63. The van der Waals surface area contributed by atoms with E-state index in [0.717, 1.165) is 60.8 Å². The molecule has 0 atom stereocenters. The number of halogens is 1. The molecule has 7 heteroatoms. The molecule has 1 aromatic carbocycles. The Hall–Kier alpha value is -2.23. The summed E-state index contributed by atoms with van der Waals surface area (Å²) in [7, 11) is 1.64. The molecule has 2 aromatic heterocycles. The molecule has 2 aliphatic rings. The van der Waals surface area contributed by atoms with Gasteiger partial charge < -0.3 is 14.5 Å². The summed E-state index contributed by atoms with van der Waals surface area (Å²) in [6.45, 7) is 12.8. The molecule has 0 saturated carbocycles. The Bertz CT molecular complexity index is 1250. The van der Waals surface area contributed by atoms with E-state index in [-0.39, 0.29) is 0 Å². The third-order valence-corrected chi connectivity index (χ3v) is 7.82. The molecule has 0 spiro atoms. The first-order valence-electron chi connectivity index (χ1n) is 11.1. The third-order valence-electron chi connectivity index (χ3n) is 6.12. The molecular formula is C26H27IN4OS. The van der Waals surface area contributed by atoms with Crippen LogP contribution in [0.1, 0.15) is 22.3 Å². The van der Waals surface area contributed by atoms with Gasteiger partial charge in [-0.2, -0.15) is 0 Å². The van der Waals surface area contributed by atoms with Crippen LogP contribution in [0.2, 0.25) is 0 Å². The molecular weight excluding hydrogens is 543 g/mol. The van der Waals surface area contributed by atoms with Gasteiger partial charge >= 0.3 is 0 Å². The predicted octanol–water partition coefficient (Wildman–Crippen LogP) is 6.26. The van der Waals surface area contributed by atoms with Gasteiger partial charge in [-0.3, -0.25) is 3.97 Å². The Morgan fingerprint density at radius 1 is 1.12 bits per heavy atom. The van der Waals surface area contributed by atoms with E-state index in [1.54, 1.807) is 9.12 Å². The van der Waals surface area contributed by atoms with Crippen LogP contribution in [-0.2, 0) is 11.3 Å². The molecule has 5 rings (SSSR count). The first-order chi connectivity index (χ1) is 16.0. The van der Waals surface area contributed by atoms with Gasteiger partial charge in [0.05, 0.1) is 25.1 Å². The zero-order chi connectivity index (χ0) is 22.9. The van der Waals surface area contributed by atoms with Crippen LogP contribution in [-0.4, -0.2) is 40.2 Å². The molecule has 3 aromatic rings. The van der Waals surface area contributed by atoms with E-state index in [0.29, 0.717) is 0 Å². The number of morpholine rings is 1. The van der Waals surface area contributed by atoms with Crippen LogP contribution in [0.5, 0.6) is 0 Å². The Labute approximate surface area is 211 Å². The second kappa shape index (κ2) is 9.56. The Kier molecular flexibility index (Phi) is 6.53. The maximum Gasteiger partial charge on any atom is 0.151 e. The summed E-state index contributed by atoms with van der Waals surface area (Å²) in [6, 6.07) is 8.98. The number of anilines is 1. The zero-order valence-electron chi connectivity index (χ0n) is 18.9. The number of nitrogens with zero attached hydrogens (tertiary/aromatic N) is 4. The lowest BCUT2D eigenvalue weighted by Crippen LogP contribution is -2.36. The predicted molar refractivity (Wildman–Crippen MR) is 147 cm³/mol. The molecule has 0 bridgehead atoms. The minimum atomic E-state index is 0.763. The van der Waals surface area contributed by atoms with Crippen LogP contribution in [0.3, 0.4) is 0 Å². The molecule has 2 aliphatic heterocycles. The Morgan fingerprint density at radius 2 is 1.88 bits per heavy atom. The van der Waals surface area contributed by atoms with Crippen molar-refractivity contribution < 1.29 is 4.74 Å². The van der Waals surface area contributed by atoms with Crippen molar-refractivity contribution in [1.82, 2.24) is 13.9 Å². The summed E-state index contributed by atoms with van der Waals surface area (Å²) in [5.74, 6) is 0. The number of pyridine rings is 1. The number of hydrogen-bond acceptors (Lipinski definition) is 5. The molecule has 0 N–H and O–H groups in total. The molecule has 0 radical (unpaired) electrons. The third kappa shape index (κ3) is 4.72. The van der Waals surface area contributed by atoms with E-state index in [9.17, 15) is 0 Å². The number of allylic oxidation sites excluding steroid dienone is 3. The van der Waals surface area contributed by atoms with Crippen molar-refractivity contribution in [3.8, 4) is 0 Å². The average Bonchev–Trinajstić information content (AvgIpc) is 3.18. The van der Waals surface area contributed by atoms with Crippen molar-refractivity contribution in [3.05, 3.63) is 89.5 Å². The van der Waals surface area contributed by atoms with E-state index in [2.05, 4.69) is 104 Å². The van der Waals surface area contributed by atoms with Gasteiger partial charge in [0.25, 0.3) is 0 Å². The fraction of sp³-hybridized carbons (Fsp3) is 0.269. The minimum absolute atomic E-state index is 0.763. The molecule has 4 heterocycles. The lowest BCUT2D eigenvalue weighted by atomic mass is 10.0. The summed E-state index contributed by atoms with van der Waals surface area (Å²) in [4.78, 5) is 9.38. The minimum Gasteiger partial charge on any atom is -0.378 e. The van der Waals surface area contributed by atoms with Gasteiger partial charge in [0.1, 0.15) is 0 Å². The maximum absolute atomic E-state index is 5.52. The number of benzene rings is 1. The van der Waals surface area contributed by atoms with Crippen molar-refractivity contribution in [3.63, 3.8) is 0 Å². The molecule has 1 saturated heterocycles. The van der Waals surface area contributed by atoms with E-state index in [1.807, 2.05) is 6.20 Å². The van der Waals surface area contributed by atoms with Gasteiger partial charge in [0.2, 0.25) is 0 Å². The highest BCUT2D eigenvalue weighted by Crippen LogP contribution is 2.36. The van der Waals surface area contributed by atoms with Crippen LogP contribution >= 0.6 is 30.3 Å². The van der Waals surface area contributed by atoms with Crippen LogP contribution in [0.15, 0.2) is 67.3 Å². The Balaban J connectivity index is 1.45. The fourth-order valence-electron chi connectivity index (χ4n) is 4.60. The van der Waals surface area contributed by atoms with E-state index < -0.39 is 0 Å². The number of aryl methyl sites for hydroxylation is 2. The van der Waals surface area contributed by atoms with Gasteiger partial charge in [-0.25, -0.2) is 4.98 Å². The van der Waals surface area contributed by atoms with Gasteiger partial charge in [0.15, 0.2) is 5.65 Å². The highest BCUT2D eigenvalue weighted by Gasteiger charge is 2.19. The van der Waals surface area contributed by atoms with Gasteiger partial charge in [-0.15, -0.1) is 0 Å². The van der Waals surface area contributed by atoms with Crippen molar-refractivity contribution in [2.75, 3.05) is 31.2 Å². The first kappa shape index (κ1) is 22.6. The van der Waals surface area contributed by atoms with Crippen molar-refractivity contribution in [2.45, 2.75) is 20.4 Å². The second-order valence-corrected chi connectivity index (χ2v) is 10.3. The van der Waals surface area contributed by atoms with Crippen LogP contribution in [0.4, 0.5) is 5.69 Å². The van der Waals surface area contributed by atoms with Crippen molar-refractivity contribution in [2.24, 2.45) is 0 Å². The molecule has 0 aliphatic carbocycles. The van der Waals surface area contributed by atoms with Gasteiger partial charge in [-0.1, -0.05) is 35.9 Å². The monoisotopic (exact) mass is 570 g/mol. The highest BCUT2D eigenvalue weighted by atomic mass is 127. The Morgan fingerprint density at radius 3 is 2.58 bits per heavy atom. The molecule has 0 amide bonds. The molecule has 170 valence electrons. The van der Waals surface area contributed by atoms with Crippen molar-refractivity contribution >= 4 is 52.6 Å². The number of fused-ring (bicyclic) bond motifs is 1. The quantitative estimate of drug-likeness (QED) is 0.338. The zero-order valence-corrected chi connectivity index (χ0v) is 21.9. The van der Waals surface area contributed by atoms with Gasteiger partial charge in [-0.05, 0) is 43.2 Å². The summed E-state index contributed by atoms with van der Waals surface area (Å²) >= 11 is 2.31. The summed E-state index contributed by atoms with van der Waals surface area (Å²) in [5, 5.41) is 1.16. The highest BCUT2D eigenvalue weighted by molar-refractivity contribution is 14.2. The smallest absolute Gasteiger partial charge is 0.151 e. The largest absolute Gasteiger partial charge is 0.378 e. The van der Waals surface area contributed by atoms with Crippen LogP contribution in [0.25, 0.3) is 16.6 Å². The normalized spacial score (nSPS) is 16.6.